The zero-order valence-corrected chi connectivity index (χ0v) is 10.1. The number of aromatic nitrogens is 2. The van der Waals surface area contributed by atoms with E-state index in [0.717, 1.165) is 22.0 Å². The van der Waals surface area contributed by atoms with Gasteiger partial charge in [0.05, 0.1) is 5.52 Å². The number of hydrogen-bond acceptors (Lipinski definition) is 3. The normalized spacial score (nSPS) is 10.5. The lowest BCUT2D eigenvalue weighted by Crippen LogP contribution is -2.12. The fraction of sp³-hybridized carbons (Fsp3) is 0. The average Bonchev–Trinajstić information content (AvgIpc) is 2.47. The van der Waals surface area contributed by atoms with Crippen LogP contribution in [0.15, 0.2) is 54.9 Å². The standard InChI is InChI=1S/C15H11N3O/c16-15(19)14-8-10(5-6-17-14)12-7-11-3-1-2-4-13(11)18-9-12/h1-9H,(H2,16,19). The number of amides is 1. The minimum absolute atomic E-state index is 0.255. The summed E-state index contributed by atoms with van der Waals surface area (Å²) in [5.41, 5.74) is 8.24. The summed E-state index contributed by atoms with van der Waals surface area (Å²) in [5, 5.41) is 1.05. The third kappa shape index (κ3) is 2.15. The molecule has 0 aliphatic heterocycles. The highest BCUT2D eigenvalue weighted by molar-refractivity contribution is 5.92. The molecule has 0 aliphatic carbocycles. The van der Waals surface area contributed by atoms with E-state index in [4.69, 9.17) is 5.73 Å². The molecule has 4 heteroatoms. The summed E-state index contributed by atoms with van der Waals surface area (Å²) in [6, 6.07) is 13.4. The van der Waals surface area contributed by atoms with Gasteiger partial charge in [0.2, 0.25) is 0 Å². The Morgan fingerprint density at radius 2 is 1.84 bits per heavy atom. The van der Waals surface area contributed by atoms with Crippen LogP contribution in [0.4, 0.5) is 0 Å². The number of rotatable bonds is 2. The van der Waals surface area contributed by atoms with Gasteiger partial charge in [0.25, 0.3) is 5.91 Å². The Morgan fingerprint density at radius 1 is 1.00 bits per heavy atom. The molecule has 1 aromatic carbocycles. The van der Waals surface area contributed by atoms with E-state index in [1.54, 1.807) is 18.5 Å². The molecule has 0 unspecified atom stereocenters. The maximum Gasteiger partial charge on any atom is 0.267 e. The maximum atomic E-state index is 11.1. The molecule has 0 saturated heterocycles. The number of fused-ring (bicyclic) bond motifs is 1. The summed E-state index contributed by atoms with van der Waals surface area (Å²) in [7, 11) is 0. The number of hydrogen-bond donors (Lipinski definition) is 1. The quantitative estimate of drug-likeness (QED) is 0.758. The molecular formula is C15H11N3O. The van der Waals surface area contributed by atoms with Crippen LogP contribution in [-0.4, -0.2) is 15.9 Å². The van der Waals surface area contributed by atoms with Gasteiger partial charge in [-0.3, -0.25) is 14.8 Å². The van der Waals surface area contributed by atoms with E-state index in [0.29, 0.717) is 0 Å². The van der Waals surface area contributed by atoms with Crippen molar-refractivity contribution < 1.29 is 4.79 Å². The van der Waals surface area contributed by atoms with Crippen LogP contribution in [0, 0.1) is 0 Å². The van der Waals surface area contributed by atoms with Gasteiger partial charge >= 0.3 is 0 Å². The second-order valence-corrected chi connectivity index (χ2v) is 4.21. The van der Waals surface area contributed by atoms with Gasteiger partial charge in [0.15, 0.2) is 0 Å². The van der Waals surface area contributed by atoms with E-state index in [-0.39, 0.29) is 5.69 Å². The fourth-order valence-electron chi connectivity index (χ4n) is 1.97. The molecule has 3 aromatic rings. The Kier molecular flexibility index (Phi) is 2.68. The minimum Gasteiger partial charge on any atom is -0.364 e. The highest BCUT2D eigenvalue weighted by Crippen LogP contribution is 2.22. The van der Waals surface area contributed by atoms with E-state index in [2.05, 4.69) is 9.97 Å². The maximum absolute atomic E-state index is 11.1. The topological polar surface area (TPSA) is 68.9 Å². The number of nitrogens with zero attached hydrogens (tertiary/aromatic N) is 2. The Labute approximate surface area is 109 Å². The number of benzene rings is 1. The van der Waals surface area contributed by atoms with Gasteiger partial charge in [0.1, 0.15) is 5.69 Å². The van der Waals surface area contributed by atoms with Crippen molar-refractivity contribution in [2.24, 2.45) is 5.73 Å². The van der Waals surface area contributed by atoms with Crippen molar-refractivity contribution >= 4 is 16.8 Å². The minimum atomic E-state index is -0.532. The highest BCUT2D eigenvalue weighted by atomic mass is 16.1. The van der Waals surface area contributed by atoms with Gasteiger partial charge in [-0.1, -0.05) is 18.2 Å². The lowest BCUT2D eigenvalue weighted by Gasteiger charge is -2.04. The molecular weight excluding hydrogens is 238 g/mol. The van der Waals surface area contributed by atoms with Crippen LogP contribution in [0.5, 0.6) is 0 Å². The van der Waals surface area contributed by atoms with E-state index < -0.39 is 5.91 Å². The van der Waals surface area contributed by atoms with Gasteiger partial charge in [-0.25, -0.2) is 0 Å². The van der Waals surface area contributed by atoms with Crippen molar-refractivity contribution in [2.75, 3.05) is 0 Å². The van der Waals surface area contributed by atoms with Crippen LogP contribution < -0.4 is 5.73 Å². The third-order valence-corrected chi connectivity index (χ3v) is 2.94. The predicted octanol–water partition coefficient (Wildman–Crippen LogP) is 2.40. The molecule has 0 fully saturated rings. The van der Waals surface area contributed by atoms with Crippen LogP contribution in [0.25, 0.3) is 22.0 Å². The molecule has 0 atom stereocenters. The molecule has 19 heavy (non-hydrogen) atoms. The molecule has 2 N–H and O–H groups in total. The van der Waals surface area contributed by atoms with Gasteiger partial charge in [0, 0.05) is 23.3 Å². The molecule has 0 bridgehead atoms. The molecule has 0 aliphatic rings. The molecule has 2 aromatic heterocycles. The van der Waals surface area contributed by atoms with Crippen molar-refractivity contribution in [1.82, 2.24) is 9.97 Å². The fourth-order valence-corrected chi connectivity index (χ4v) is 1.97. The van der Waals surface area contributed by atoms with Gasteiger partial charge < -0.3 is 5.73 Å². The van der Waals surface area contributed by atoms with Crippen molar-refractivity contribution in [3.63, 3.8) is 0 Å². The van der Waals surface area contributed by atoms with Crippen molar-refractivity contribution in [2.45, 2.75) is 0 Å². The zero-order valence-electron chi connectivity index (χ0n) is 10.1. The molecule has 3 rings (SSSR count). The second-order valence-electron chi connectivity index (χ2n) is 4.21. The Hall–Kier alpha value is -2.75. The summed E-state index contributed by atoms with van der Waals surface area (Å²) in [5.74, 6) is -0.532. The third-order valence-electron chi connectivity index (χ3n) is 2.94. The smallest absolute Gasteiger partial charge is 0.267 e. The summed E-state index contributed by atoms with van der Waals surface area (Å²) >= 11 is 0. The van der Waals surface area contributed by atoms with Crippen molar-refractivity contribution in [3.05, 3.63) is 60.6 Å². The Bertz CT molecular complexity index is 768. The lowest BCUT2D eigenvalue weighted by molar-refractivity contribution is 0.0995. The first-order valence-corrected chi connectivity index (χ1v) is 5.85. The molecule has 92 valence electrons. The van der Waals surface area contributed by atoms with E-state index in [1.807, 2.05) is 36.4 Å². The van der Waals surface area contributed by atoms with Crippen molar-refractivity contribution in [3.8, 4) is 11.1 Å². The summed E-state index contributed by atoms with van der Waals surface area (Å²) < 4.78 is 0. The Morgan fingerprint density at radius 3 is 2.68 bits per heavy atom. The number of primary amides is 1. The molecule has 0 spiro atoms. The van der Waals surface area contributed by atoms with Gasteiger partial charge in [-0.2, -0.15) is 0 Å². The molecule has 0 radical (unpaired) electrons. The number of para-hydroxylation sites is 1. The highest BCUT2D eigenvalue weighted by Gasteiger charge is 2.05. The number of pyridine rings is 2. The SMILES string of the molecule is NC(=O)c1cc(-c2cnc3ccccc3c2)ccn1. The molecule has 2 heterocycles. The van der Waals surface area contributed by atoms with E-state index in [1.165, 1.54) is 0 Å². The van der Waals surface area contributed by atoms with Crippen LogP contribution in [0.1, 0.15) is 10.5 Å². The largest absolute Gasteiger partial charge is 0.364 e. The molecule has 1 amide bonds. The van der Waals surface area contributed by atoms with E-state index in [9.17, 15) is 4.79 Å². The summed E-state index contributed by atoms with van der Waals surface area (Å²) in [6.07, 6.45) is 3.35. The predicted molar refractivity (Wildman–Crippen MR) is 73.5 cm³/mol. The average molecular weight is 249 g/mol. The van der Waals surface area contributed by atoms with Gasteiger partial charge in [-0.15, -0.1) is 0 Å². The van der Waals surface area contributed by atoms with Crippen molar-refractivity contribution in [1.29, 1.82) is 0 Å². The zero-order chi connectivity index (χ0) is 13.2. The van der Waals surface area contributed by atoms with Crippen LogP contribution in [-0.2, 0) is 0 Å². The van der Waals surface area contributed by atoms with Crippen LogP contribution in [0.3, 0.4) is 0 Å². The number of carbonyl (C=O) groups is 1. The monoisotopic (exact) mass is 249 g/mol. The second kappa shape index (κ2) is 4.49. The van der Waals surface area contributed by atoms with Crippen LogP contribution in [0.2, 0.25) is 0 Å². The summed E-state index contributed by atoms with van der Waals surface area (Å²) in [4.78, 5) is 19.5. The van der Waals surface area contributed by atoms with Crippen LogP contribution >= 0.6 is 0 Å². The lowest BCUT2D eigenvalue weighted by atomic mass is 10.1. The van der Waals surface area contributed by atoms with E-state index >= 15 is 0 Å². The molecule has 0 saturated carbocycles. The van der Waals surface area contributed by atoms with Gasteiger partial charge in [-0.05, 0) is 29.8 Å². The molecule has 4 nitrogen and oxygen atoms in total. The first kappa shape index (κ1) is 11.3. The number of carbonyl (C=O) groups excluding carboxylic acids is 1. The Balaban J connectivity index is 2.13. The first-order chi connectivity index (χ1) is 9.24. The first-order valence-electron chi connectivity index (χ1n) is 5.85. The number of nitrogens with two attached hydrogens (primary N) is 1. The summed E-state index contributed by atoms with van der Waals surface area (Å²) in [6.45, 7) is 0.